The first-order valence-corrected chi connectivity index (χ1v) is 7.68. The summed E-state index contributed by atoms with van der Waals surface area (Å²) in [5.41, 5.74) is 1.22. The highest BCUT2D eigenvalue weighted by molar-refractivity contribution is 5.93. The van der Waals surface area contributed by atoms with Crippen molar-refractivity contribution in [3.8, 4) is 0 Å². The Kier molecular flexibility index (Phi) is 4.57. The third kappa shape index (κ3) is 3.50. The standard InChI is InChI=1S/C16H19N3O4/c20-15(21)3-7-19(12-4-8-23-9-5-12)16(22)14-10-13-2-1-6-18(13)11-17-14/h1-2,6,10-12H,3-5,7-9H2,(H,20,21). The summed E-state index contributed by atoms with van der Waals surface area (Å²) in [7, 11) is 0. The lowest BCUT2D eigenvalue weighted by atomic mass is 10.1. The van der Waals surface area contributed by atoms with Gasteiger partial charge < -0.3 is 19.1 Å². The predicted molar refractivity (Wildman–Crippen MR) is 82.3 cm³/mol. The second kappa shape index (κ2) is 6.78. The first-order chi connectivity index (χ1) is 11.1. The summed E-state index contributed by atoms with van der Waals surface area (Å²) in [6.45, 7) is 1.37. The van der Waals surface area contributed by atoms with Crippen LogP contribution in [-0.4, -0.2) is 57.1 Å². The maximum absolute atomic E-state index is 12.8. The van der Waals surface area contributed by atoms with Crippen LogP contribution in [0.25, 0.3) is 5.52 Å². The molecule has 1 N–H and O–H groups in total. The Balaban J connectivity index is 1.83. The molecule has 1 fully saturated rings. The fourth-order valence-corrected chi connectivity index (χ4v) is 2.86. The molecular formula is C16H19N3O4. The van der Waals surface area contributed by atoms with E-state index < -0.39 is 5.97 Å². The Morgan fingerprint density at radius 2 is 2.17 bits per heavy atom. The van der Waals surface area contributed by atoms with Gasteiger partial charge in [-0.15, -0.1) is 0 Å². The van der Waals surface area contributed by atoms with E-state index in [1.165, 1.54) is 0 Å². The summed E-state index contributed by atoms with van der Waals surface area (Å²) in [6.07, 6.45) is 4.83. The number of ether oxygens (including phenoxy) is 1. The maximum Gasteiger partial charge on any atom is 0.305 e. The van der Waals surface area contributed by atoms with Crippen molar-refractivity contribution < 1.29 is 19.4 Å². The Hall–Kier alpha value is -2.41. The Morgan fingerprint density at radius 3 is 2.91 bits per heavy atom. The number of carbonyl (C=O) groups is 2. The SMILES string of the molecule is O=C(O)CCN(C(=O)c1cc2cccn2cn1)C1CCOCC1. The van der Waals surface area contributed by atoms with Crippen molar-refractivity contribution in [2.45, 2.75) is 25.3 Å². The van der Waals surface area contributed by atoms with Gasteiger partial charge in [0.2, 0.25) is 0 Å². The topological polar surface area (TPSA) is 84.1 Å². The molecule has 3 rings (SSSR count). The van der Waals surface area contributed by atoms with Gasteiger partial charge in [0, 0.05) is 37.5 Å². The Labute approximate surface area is 133 Å². The molecular weight excluding hydrogens is 298 g/mol. The zero-order valence-corrected chi connectivity index (χ0v) is 12.7. The van der Waals surface area contributed by atoms with Crippen LogP contribution in [-0.2, 0) is 9.53 Å². The van der Waals surface area contributed by atoms with Gasteiger partial charge in [-0.05, 0) is 31.0 Å². The van der Waals surface area contributed by atoms with Crippen LogP contribution in [0.1, 0.15) is 29.8 Å². The molecule has 23 heavy (non-hydrogen) atoms. The van der Waals surface area contributed by atoms with Gasteiger partial charge in [0.15, 0.2) is 0 Å². The number of hydrogen-bond donors (Lipinski definition) is 1. The molecule has 0 unspecified atom stereocenters. The lowest BCUT2D eigenvalue weighted by Crippen LogP contribution is -2.44. The van der Waals surface area contributed by atoms with Gasteiger partial charge in [0.25, 0.3) is 5.91 Å². The molecule has 122 valence electrons. The summed E-state index contributed by atoms with van der Waals surface area (Å²) in [5.74, 6) is -1.13. The lowest BCUT2D eigenvalue weighted by molar-refractivity contribution is -0.137. The van der Waals surface area contributed by atoms with E-state index in [0.29, 0.717) is 18.9 Å². The Morgan fingerprint density at radius 1 is 1.39 bits per heavy atom. The average molecular weight is 317 g/mol. The van der Waals surface area contributed by atoms with Crippen molar-refractivity contribution in [1.29, 1.82) is 0 Å². The third-order valence-electron chi connectivity index (χ3n) is 4.10. The fraction of sp³-hybridized carbons (Fsp3) is 0.438. The van der Waals surface area contributed by atoms with Crippen LogP contribution in [0.5, 0.6) is 0 Å². The van der Waals surface area contributed by atoms with E-state index in [9.17, 15) is 9.59 Å². The van der Waals surface area contributed by atoms with Crippen LogP contribution in [0, 0.1) is 0 Å². The van der Waals surface area contributed by atoms with Crippen molar-refractivity contribution in [3.63, 3.8) is 0 Å². The predicted octanol–water partition coefficient (Wildman–Crippen LogP) is 1.43. The molecule has 3 heterocycles. The first-order valence-electron chi connectivity index (χ1n) is 7.68. The largest absolute Gasteiger partial charge is 0.481 e. The van der Waals surface area contributed by atoms with Gasteiger partial charge >= 0.3 is 5.97 Å². The average Bonchev–Trinajstić information content (AvgIpc) is 3.03. The minimum absolute atomic E-state index is 0.000382. The third-order valence-corrected chi connectivity index (χ3v) is 4.10. The highest BCUT2D eigenvalue weighted by Crippen LogP contribution is 2.18. The van der Waals surface area contributed by atoms with Gasteiger partial charge in [-0.25, -0.2) is 4.98 Å². The van der Waals surface area contributed by atoms with Crippen LogP contribution in [0.4, 0.5) is 0 Å². The van der Waals surface area contributed by atoms with E-state index in [1.54, 1.807) is 17.3 Å². The molecule has 0 radical (unpaired) electrons. The molecule has 0 spiro atoms. The molecule has 7 heteroatoms. The summed E-state index contributed by atoms with van der Waals surface area (Å²) in [5, 5.41) is 8.95. The van der Waals surface area contributed by atoms with E-state index in [4.69, 9.17) is 9.84 Å². The van der Waals surface area contributed by atoms with Crippen molar-refractivity contribution in [2.24, 2.45) is 0 Å². The number of nitrogens with zero attached hydrogens (tertiary/aromatic N) is 3. The monoisotopic (exact) mass is 317 g/mol. The molecule has 1 saturated heterocycles. The number of carbonyl (C=O) groups excluding carboxylic acids is 1. The van der Waals surface area contributed by atoms with Crippen molar-refractivity contribution in [2.75, 3.05) is 19.8 Å². The Bertz CT molecular complexity index is 706. The first kappa shape index (κ1) is 15.5. The molecule has 1 aliphatic heterocycles. The number of fused-ring (bicyclic) bond motifs is 1. The summed E-state index contributed by atoms with van der Waals surface area (Å²) < 4.78 is 7.16. The quantitative estimate of drug-likeness (QED) is 0.902. The molecule has 2 aromatic rings. The molecule has 0 saturated carbocycles. The number of rotatable bonds is 5. The number of aliphatic carboxylic acids is 1. The van der Waals surface area contributed by atoms with Gasteiger partial charge in [-0.3, -0.25) is 9.59 Å². The fourth-order valence-electron chi connectivity index (χ4n) is 2.86. The molecule has 1 amide bonds. The molecule has 0 bridgehead atoms. The normalized spacial score (nSPS) is 15.7. The molecule has 0 aliphatic carbocycles. The molecule has 0 atom stereocenters. The van der Waals surface area contributed by atoms with Crippen LogP contribution < -0.4 is 0 Å². The van der Waals surface area contributed by atoms with Crippen molar-refractivity contribution in [1.82, 2.24) is 14.3 Å². The maximum atomic E-state index is 12.8. The minimum atomic E-state index is -0.912. The van der Waals surface area contributed by atoms with E-state index in [2.05, 4.69) is 4.98 Å². The molecule has 1 aliphatic rings. The molecule has 2 aromatic heterocycles. The highest BCUT2D eigenvalue weighted by atomic mass is 16.5. The second-order valence-corrected chi connectivity index (χ2v) is 5.60. The van der Waals surface area contributed by atoms with Gasteiger partial charge in [-0.2, -0.15) is 0 Å². The number of carboxylic acid groups (broad SMARTS) is 1. The van der Waals surface area contributed by atoms with E-state index in [-0.39, 0.29) is 24.9 Å². The highest BCUT2D eigenvalue weighted by Gasteiger charge is 2.27. The number of aromatic nitrogens is 2. The number of carboxylic acids is 1. The molecule has 7 nitrogen and oxygen atoms in total. The lowest BCUT2D eigenvalue weighted by Gasteiger charge is -2.33. The zero-order chi connectivity index (χ0) is 16.2. The van der Waals surface area contributed by atoms with Gasteiger partial charge in [0.1, 0.15) is 5.69 Å². The smallest absolute Gasteiger partial charge is 0.305 e. The van der Waals surface area contributed by atoms with Gasteiger partial charge in [0.05, 0.1) is 12.7 Å². The van der Waals surface area contributed by atoms with Gasteiger partial charge in [-0.1, -0.05) is 0 Å². The van der Waals surface area contributed by atoms with Crippen LogP contribution in [0.15, 0.2) is 30.7 Å². The van der Waals surface area contributed by atoms with E-state index in [1.807, 2.05) is 22.7 Å². The van der Waals surface area contributed by atoms with E-state index >= 15 is 0 Å². The van der Waals surface area contributed by atoms with Crippen LogP contribution >= 0.6 is 0 Å². The van der Waals surface area contributed by atoms with Crippen LogP contribution in [0.3, 0.4) is 0 Å². The second-order valence-electron chi connectivity index (χ2n) is 5.60. The summed E-state index contributed by atoms with van der Waals surface area (Å²) >= 11 is 0. The van der Waals surface area contributed by atoms with Crippen molar-refractivity contribution in [3.05, 3.63) is 36.4 Å². The number of hydrogen-bond acceptors (Lipinski definition) is 4. The molecule has 0 aromatic carbocycles. The minimum Gasteiger partial charge on any atom is -0.481 e. The number of amides is 1. The van der Waals surface area contributed by atoms with Crippen LogP contribution in [0.2, 0.25) is 0 Å². The zero-order valence-electron chi connectivity index (χ0n) is 12.7. The van der Waals surface area contributed by atoms with Crippen molar-refractivity contribution >= 4 is 17.4 Å². The van der Waals surface area contributed by atoms with E-state index in [0.717, 1.165) is 18.4 Å². The summed E-state index contributed by atoms with van der Waals surface area (Å²) in [6, 6.07) is 5.51. The summed E-state index contributed by atoms with van der Waals surface area (Å²) in [4.78, 5) is 29.6.